The first kappa shape index (κ1) is 10.6. The van der Waals surface area contributed by atoms with Crippen molar-refractivity contribution in [2.24, 2.45) is 11.5 Å². The molecule has 9 heavy (non-hydrogen) atoms. The molecule has 0 fully saturated rings. The lowest BCUT2D eigenvalue weighted by Crippen LogP contribution is -2.18. The highest BCUT2D eigenvalue weighted by Gasteiger charge is 1.82. The molecule has 0 aliphatic heterocycles. The van der Waals surface area contributed by atoms with Crippen LogP contribution in [0.3, 0.4) is 0 Å². The SMILES string of the molecule is NC(N)=O.O=C(O)CO. The van der Waals surface area contributed by atoms with Crippen LogP contribution in [0, 0.1) is 0 Å². The van der Waals surface area contributed by atoms with Crippen LogP contribution in [-0.4, -0.2) is 28.8 Å². The number of carboxylic acids is 1. The Morgan fingerprint density at radius 2 is 1.44 bits per heavy atom. The third-order valence-corrected chi connectivity index (χ3v) is 0.135. The first-order chi connectivity index (χ1) is 4.00. The van der Waals surface area contributed by atoms with Crippen LogP contribution in [0.25, 0.3) is 0 Å². The zero-order valence-corrected chi connectivity index (χ0v) is 4.57. The molecule has 0 rings (SSSR count). The average Bonchev–Trinajstić information content (AvgIpc) is 1.65. The van der Waals surface area contributed by atoms with Gasteiger partial charge in [0.2, 0.25) is 0 Å². The third-order valence-electron chi connectivity index (χ3n) is 0.135. The van der Waals surface area contributed by atoms with E-state index in [4.69, 9.17) is 19.8 Å². The van der Waals surface area contributed by atoms with E-state index in [1.54, 1.807) is 0 Å². The van der Waals surface area contributed by atoms with Crippen LogP contribution in [0.4, 0.5) is 4.79 Å². The molecule has 6 N–H and O–H groups in total. The van der Waals surface area contributed by atoms with Crippen molar-refractivity contribution in [2.45, 2.75) is 0 Å². The predicted molar refractivity (Wildman–Crippen MR) is 28.5 cm³/mol. The van der Waals surface area contributed by atoms with Gasteiger partial charge in [-0.3, -0.25) is 0 Å². The topological polar surface area (TPSA) is 127 Å². The second-order valence-corrected chi connectivity index (χ2v) is 0.954. The van der Waals surface area contributed by atoms with Gasteiger partial charge in [0.1, 0.15) is 6.61 Å². The fourth-order valence-electron chi connectivity index (χ4n) is 0. The summed E-state index contributed by atoms with van der Waals surface area (Å²) in [5, 5.41) is 15.0. The summed E-state index contributed by atoms with van der Waals surface area (Å²) in [4.78, 5) is 18.1. The van der Waals surface area contributed by atoms with Crippen molar-refractivity contribution in [3.8, 4) is 0 Å². The Labute approximate surface area is 51.1 Å². The standard InChI is InChI=1S/C2H4O3.CH4N2O/c3-1-2(4)5;2-1(3)4/h3H,1H2,(H,4,5);(H4,2,3,4). The number of amides is 2. The summed E-state index contributed by atoms with van der Waals surface area (Å²) in [5.74, 6) is -1.19. The van der Waals surface area contributed by atoms with E-state index < -0.39 is 18.6 Å². The maximum absolute atomic E-state index is 9.12. The van der Waals surface area contributed by atoms with Crippen LogP contribution in [0.15, 0.2) is 0 Å². The average molecular weight is 136 g/mol. The van der Waals surface area contributed by atoms with Crippen molar-refractivity contribution in [2.75, 3.05) is 6.61 Å². The molecule has 0 aromatic heterocycles. The van der Waals surface area contributed by atoms with Gasteiger partial charge < -0.3 is 21.7 Å². The molecule has 2 amide bonds. The summed E-state index contributed by atoms with van der Waals surface area (Å²) in [5.41, 5.74) is 8.50. The zero-order chi connectivity index (χ0) is 7.86. The first-order valence-corrected chi connectivity index (χ1v) is 1.88. The normalized spacial score (nSPS) is 6.78. The number of rotatable bonds is 1. The molecule has 0 saturated heterocycles. The molecular formula is C3H8N2O4. The Morgan fingerprint density at radius 3 is 1.44 bits per heavy atom. The fraction of sp³-hybridized carbons (Fsp3) is 0.333. The molecule has 0 atom stereocenters. The second-order valence-electron chi connectivity index (χ2n) is 0.954. The van der Waals surface area contributed by atoms with E-state index in [-0.39, 0.29) is 0 Å². The first-order valence-electron chi connectivity index (χ1n) is 1.88. The van der Waals surface area contributed by atoms with Gasteiger partial charge in [-0.25, -0.2) is 9.59 Å². The van der Waals surface area contributed by atoms with Crippen LogP contribution in [0.2, 0.25) is 0 Å². The molecule has 0 radical (unpaired) electrons. The smallest absolute Gasteiger partial charge is 0.329 e. The Morgan fingerprint density at radius 1 is 1.33 bits per heavy atom. The molecule has 0 saturated carbocycles. The minimum Gasteiger partial charge on any atom is -0.480 e. The number of primary amides is 2. The molecular weight excluding hydrogens is 128 g/mol. The minimum absolute atomic E-state index is 0.778. The number of aliphatic hydroxyl groups excluding tert-OH is 1. The molecule has 0 unspecified atom stereocenters. The number of aliphatic hydroxyl groups is 1. The van der Waals surface area contributed by atoms with Crippen molar-refractivity contribution in [3.05, 3.63) is 0 Å². The third kappa shape index (κ3) is 302. The lowest BCUT2D eigenvalue weighted by molar-refractivity contribution is -0.140. The lowest BCUT2D eigenvalue weighted by Gasteiger charge is -1.72. The van der Waals surface area contributed by atoms with Crippen molar-refractivity contribution < 1.29 is 19.8 Å². The monoisotopic (exact) mass is 136 g/mol. The number of urea groups is 1. The maximum atomic E-state index is 9.12. The van der Waals surface area contributed by atoms with Crippen LogP contribution < -0.4 is 11.5 Å². The number of carboxylic acid groups (broad SMARTS) is 1. The molecule has 0 aliphatic rings. The summed E-state index contributed by atoms with van der Waals surface area (Å²) >= 11 is 0. The number of aliphatic carboxylic acids is 1. The van der Waals surface area contributed by atoms with Crippen molar-refractivity contribution in [1.29, 1.82) is 0 Å². The summed E-state index contributed by atoms with van der Waals surface area (Å²) in [6.07, 6.45) is 0. The molecule has 6 nitrogen and oxygen atoms in total. The summed E-state index contributed by atoms with van der Waals surface area (Å²) < 4.78 is 0. The van der Waals surface area contributed by atoms with Crippen LogP contribution in [0.1, 0.15) is 0 Å². The largest absolute Gasteiger partial charge is 0.480 e. The van der Waals surface area contributed by atoms with Gasteiger partial charge in [-0.1, -0.05) is 0 Å². The second kappa shape index (κ2) is 6.70. The predicted octanol–water partition coefficient (Wildman–Crippen LogP) is -1.91. The summed E-state index contributed by atoms with van der Waals surface area (Å²) in [6, 6.07) is -0.833. The highest BCUT2D eigenvalue weighted by Crippen LogP contribution is 1.48. The number of carbonyl (C=O) groups excluding carboxylic acids is 1. The molecule has 0 spiro atoms. The van der Waals surface area contributed by atoms with Crippen LogP contribution >= 0.6 is 0 Å². The molecule has 0 aromatic rings. The zero-order valence-electron chi connectivity index (χ0n) is 4.57. The molecule has 6 heteroatoms. The van der Waals surface area contributed by atoms with Gasteiger partial charge in [0.05, 0.1) is 0 Å². The Kier molecular flexibility index (Phi) is 7.92. The van der Waals surface area contributed by atoms with Crippen molar-refractivity contribution >= 4 is 12.0 Å². The highest BCUT2D eigenvalue weighted by molar-refractivity contribution is 5.69. The maximum Gasteiger partial charge on any atom is 0.329 e. The molecule has 0 aromatic carbocycles. The Hall–Kier alpha value is -1.30. The number of hydrogen-bond donors (Lipinski definition) is 4. The highest BCUT2D eigenvalue weighted by atomic mass is 16.4. The molecule has 0 heterocycles. The van der Waals surface area contributed by atoms with E-state index in [0.717, 1.165) is 0 Å². The summed E-state index contributed by atoms with van der Waals surface area (Å²) in [6.45, 7) is -0.778. The lowest BCUT2D eigenvalue weighted by atomic mass is 10.8. The summed E-state index contributed by atoms with van der Waals surface area (Å²) in [7, 11) is 0. The molecule has 54 valence electrons. The van der Waals surface area contributed by atoms with E-state index in [1.807, 2.05) is 0 Å². The molecule has 0 bridgehead atoms. The van der Waals surface area contributed by atoms with E-state index >= 15 is 0 Å². The van der Waals surface area contributed by atoms with Gasteiger partial charge in [-0.05, 0) is 0 Å². The Balaban J connectivity index is 0. The van der Waals surface area contributed by atoms with Crippen molar-refractivity contribution in [1.82, 2.24) is 0 Å². The van der Waals surface area contributed by atoms with Gasteiger partial charge in [0.15, 0.2) is 0 Å². The van der Waals surface area contributed by atoms with E-state index in [2.05, 4.69) is 11.5 Å². The number of nitrogens with two attached hydrogens (primary N) is 2. The number of carbonyl (C=O) groups is 2. The van der Waals surface area contributed by atoms with Crippen molar-refractivity contribution in [3.63, 3.8) is 0 Å². The van der Waals surface area contributed by atoms with E-state index in [0.29, 0.717) is 0 Å². The molecule has 0 aliphatic carbocycles. The van der Waals surface area contributed by atoms with Gasteiger partial charge >= 0.3 is 12.0 Å². The van der Waals surface area contributed by atoms with Gasteiger partial charge in [0.25, 0.3) is 0 Å². The van der Waals surface area contributed by atoms with E-state index in [1.165, 1.54) is 0 Å². The van der Waals surface area contributed by atoms with Gasteiger partial charge in [-0.2, -0.15) is 0 Å². The van der Waals surface area contributed by atoms with Gasteiger partial charge in [-0.15, -0.1) is 0 Å². The van der Waals surface area contributed by atoms with Crippen LogP contribution in [-0.2, 0) is 4.79 Å². The number of hydrogen-bond acceptors (Lipinski definition) is 3. The minimum atomic E-state index is -1.19. The fourth-order valence-corrected chi connectivity index (χ4v) is 0. The van der Waals surface area contributed by atoms with Crippen LogP contribution in [0.5, 0.6) is 0 Å². The Bertz CT molecular complexity index is 98.0. The quantitative estimate of drug-likeness (QED) is 0.335. The van der Waals surface area contributed by atoms with Gasteiger partial charge in [0, 0.05) is 0 Å². The van der Waals surface area contributed by atoms with E-state index in [9.17, 15) is 0 Å².